The first-order valence-corrected chi connectivity index (χ1v) is 6.67. The zero-order chi connectivity index (χ0) is 14.4. The Kier molecular flexibility index (Phi) is 3.13. The van der Waals surface area contributed by atoms with Gasteiger partial charge in [-0.05, 0) is 16.5 Å². The predicted octanol–water partition coefficient (Wildman–Crippen LogP) is 1.80. The number of Topliss-reactive ketones (excluding diaryl/α,β-unsaturated/α-hetero) is 1. The third kappa shape index (κ3) is 2.12. The van der Waals surface area contributed by atoms with Crippen LogP contribution in [0.4, 0.5) is 0 Å². The van der Waals surface area contributed by atoms with Crippen LogP contribution in [0.5, 0.6) is 0 Å². The third-order valence-corrected chi connectivity index (χ3v) is 4.39. The molecule has 1 atom stereocenters. The van der Waals surface area contributed by atoms with Gasteiger partial charge in [-0.15, -0.1) is 0 Å². The number of halogens is 1. The van der Waals surface area contributed by atoms with Crippen molar-refractivity contribution in [2.24, 2.45) is 0 Å². The molecule has 1 aliphatic rings. The number of nitrogens with one attached hydrogen (secondary N) is 1. The highest BCUT2D eigenvalue weighted by molar-refractivity contribution is 9.10. The average molecular weight is 324 g/mol. The zero-order valence-electron chi connectivity index (χ0n) is 10.9. The maximum absolute atomic E-state index is 11.8. The second kappa shape index (κ2) is 4.27. The molecule has 1 N–H and O–H groups in total. The van der Waals surface area contributed by atoms with Crippen LogP contribution in [0, 0.1) is 0 Å². The number of hydrogen-bond donors (Lipinski definition) is 1. The average Bonchev–Trinajstić information content (AvgIpc) is 2.53. The minimum Gasteiger partial charge on any atom is -0.288 e. The van der Waals surface area contributed by atoms with E-state index in [1.54, 1.807) is 12.1 Å². The van der Waals surface area contributed by atoms with Crippen LogP contribution in [0.3, 0.4) is 0 Å². The van der Waals surface area contributed by atoms with Gasteiger partial charge in [0.15, 0.2) is 4.32 Å². The monoisotopic (exact) mass is 323 g/mol. The molecule has 1 aliphatic heterocycles. The molecule has 0 spiro atoms. The quantitative estimate of drug-likeness (QED) is 0.371. The molecule has 0 radical (unpaired) electrons. The lowest BCUT2D eigenvalue weighted by atomic mass is 9.85. The Hall–Kier alpha value is -1.49. The van der Waals surface area contributed by atoms with Crippen LogP contribution in [0.2, 0.25) is 0 Å². The molecule has 1 saturated heterocycles. The topological polar surface area (TPSA) is 63.2 Å². The molecule has 1 aromatic rings. The Morgan fingerprint density at radius 3 is 1.95 bits per heavy atom. The molecule has 2 rings (SSSR count). The Morgan fingerprint density at radius 1 is 1.05 bits per heavy atom. The van der Waals surface area contributed by atoms with E-state index in [1.807, 2.05) is 17.4 Å². The molecule has 2 amide bonds. The second-order valence-corrected chi connectivity index (χ2v) is 6.79. The number of hydrogen-bond acceptors (Lipinski definition) is 3. The molecular formula is C14H14BrNO3. The molecule has 4 nitrogen and oxygen atoms in total. The minimum atomic E-state index is -1.58. The van der Waals surface area contributed by atoms with Gasteiger partial charge in [-0.3, -0.25) is 19.7 Å². The van der Waals surface area contributed by atoms with Crippen molar-refractivity contribution in [2.75, 3.05) is 0 Å². The van der Waals surface area contributed by atoms with Gasteiger partial charge in [-0.25, -0.2) is 0 Å². The van der Waals surface area contributed by atoms with E-state index in [0.29, 0.717) is 5.56 Å². The molecule has 5 heteroatoms. The number of carbonyl (C=O) groups excluding carboxylic acids is 3. The van der Waals surface area contributed by atoms with Crippen LogP contribution in [0.15, 0.2) is 24.3 Å². The standard InChI is InChI=1S/C14H14BrNO3/c1-13(2,3)8-4-6-9(7-5-8)14(15)10(17)11(18)16-12(14)19/h4-7H,1-3H3,(H,16,18,19)/t14-/m0/s1. The second-order valence-electron chi connectivity index (χ2n) is 5.60. The van der Waals surface area contributed by atoms with Gasteiger partial charge in [0.05, 0.1) is 0 Å². The Balaban J connectivity index is 2.46. The van der Waals surface area contributed by atoms with E-state index < -0.39 is 21.9 Å². The largest absolute Gasteiger partial charge is 0.296 e. The van der Waals surface area contributed by atoms with E-state index in [9.17, 15) is 14.4 Å². The lowest BCUT2D eigenvalue weighted by Crippen LogP contribution is -2.33. The fourth-order valence-corrected chi connectivity index (χ4v) is 2.51. The van der Waals surface area contributed by atoms with Crippen molar-refractivity contribution >= 4 is 33.5 Å². The summed E-state index contributed by atoms with van der Waals surface area (Å²) in [6.07, 6.45) is 0. The SMILES string of the molecule is CC(C)(C)c1ccc([C@@]2(Br)C(=O)NC(=O)C2=O)cc1. The van der Waals surface area contributed by atoms with E-state index >= 15 is 0 Å². The van der Waals surface area contributed by atoms with Gasteiger partial charge in [0.1, 0.15) is 0 Å². The van der Waals surface area contributed by atoms with Crippen molar-refractivity contribution in [2.45, 2.75) is 30.5 Å². The summed E-state index contributed by atoms with van der Waals surface area (Å²) in [5.41, 5.74) is 1.54. The highest BCUT2D eigenvalue weighted by atomic mass is 79.9. The van der Waals surface area contributed by atoms with E-state index in [0.717, 1.165) is 5.56 Å². The lowest BCUT2D eigenvalue weighted by molar-refractivity contribution is -0.135. The van der Waals surface area contributed by atoms with E-state index in [1.165, 1.54) is 0 Å². The fourth-order valence-electron chi connectivity index (χ4n) is 1.97. The van der Waals surface area contributed by atoms with Crippen LogP contribution >= 0.6 is 15.9 Å². The van der Waals surface area contributed by atoms with Crippen LogP contribution in [-0.2, 0) is 24.1 Å². The van der Waals surface area contributed by atoms with Gasteiger partial charge in [0.25, 0.3) is 17.6 Å². The molecule has 0 aliphatic carbocycles. The molecule has 1 fully saturated rings. The molecule has 0 bridgehead atoms. The summed E-state index contributed by atoms with van der Waals surface area (Å²) in [5, 5.41) is 2.03. The molecule has 0 saturated carbocycles. The van der Waals surface area contributed by atoms with E-state index in [2.05, 4.69) is 36.7 Å². The van der Waals surface area contributed by atoms with Gasteiger partial charge in [-0.2, -0.15) is 0 Å². The molecule has 0 unspecified atom stereocenters. The van der Waals surface area contributed by atoms with Crippen molar-refractivity contribution < 1.29 is 14.4 Å². The number of rotatable bonds is 1. The van der Waals surface area contributed by atoms with E-state index in [-0.39, 0.29) is 5.41 Å². The van der Waals surface area contributed by atoms with Gasteiger partial charge >= 0.3 is 0 Å². The number of alkyl halides is 1. The van der Waals surface area contributed by atoms with E-state index in [4.69, 9.17) is 0 Å². The predicted molar refractivity (Wildman–Crippen MR) is 73.9 cm³/mol. The normalized spacial score (nSPS) is 23.7. The number of ketones is 1. The zero-order valence-corrected chi connectivity index (χ0v) is 12.5. The molecule has 19 heavy (non-hydrogen) atoms. The third-order valence-electron chi connectivity index (χ3n) is 3.21. The highest BCUT2D eigenvalue weighted by Gasteiger charge is 2.54. The fraction of sp³-hybridized carbons (Fsp3) is 0.357. The summed E-state index contributed by atoms with van der Waals surface area (Å²) in [7, 11) is 0. The van der Waals surface area contributed by atoms with Crippen LogP contribution in [0.1, 0.15) is 31.9 Å². The van der Waals surface area contributed by atoms with Gasteiger partial charge < -0.3 is 0 Å². The van der Waals surface area contributed by atoms with Crippen LogP contribution in [-0.4, -0.2) is 17.6 Å². The van der Waals surface area contributed by atoms with Crippen LogP contribution < -0.4 is 5.32 Å². The Bertz CT molecular complexity index is 571. The molecule has 1 aromatic carbocycles. The smallest absolute Gasteiger partial charge is 0.288 e. The van der Waals surface area contributed by atoms with Crippen molar-refractivity contribution in [3.8, 4) is 0 Å². The summed E-state index contributed by atoms with van der Waals surface area (Å²) in [6.45, 7) is 6.22. The molecule has 0 aromatic heterocycles. The van der Waals surface area contributed by atoms with Crippen LogP contribution in [0.25, 0.3) is 0 Å². The van der Waals surface area contributed by atoms with Gasteiger partial charge in [-0.1, -0.05) is 61.0 Å². The first-order valence-electron chi connectivity index (χ1n) is 5.87. The van der Waals surface area contributed by atoms with Crippen molar-refractivity contribution in [3.05, 3.63) is 35.4 Å². The summed E-state index contributed by atoms with van der Waals surface area (Å²) in [4.78, 5) is 34.9. The summed E-state index contributed by atoms with van der Waals surface area (Å²) >= 11 is 3.12. The lowest BCUT2D eigenvalue weighted by Gasteiger charge is -2.21. The highest BCUT2D eigenvalue weighted by Crippen LogP contribution is 2.37. The van der Waals surface area contributed by atoms with Gasteiger partial charge in [0.2, 0.25) is 0 Å². The number of benzene rings is 1. The van der Waals surface area contributed by atoms with Gasteiger partial charge in [0, 0.05) is 0 Å². The Morgan fingerprint density at radius 2 is 1.58 bits per heavy atom. The number of carbonyl (C=O) groups is 3. The maximum Gasteiger partial charge on any atom is 0.296 e. The molecule has 100 valence electrons. The van der Waals surface area contributed by atoms with Crippen molar-refractivity contribution in [1.29, 1.82) is 0 Å². The van der Waals surface area contributed by atoms with Crippen molar-refractivity contribution in [3.63, 3.8) is 0 Å². The summed E-state index contributed by atoms with van der Waals surface area (Å²) < 4.78 is -1.58. The number of amides is 2. The summed E-state index contributed by atoms with van der Waals surface area (Å²) in [6, 6.07) is 7.13. The molecular weight excluding hydrogens is 310 g/mol. The first kappa shape index (κ1) is 13.9. The summed E-state index contributed by atoms with van der Waals surface area (Å²) in [5.74, 6) is -2.28. The first-order chi connectivity index (χ1) is 8.67. The Labute approximate surface area is 119 Å². The van der Waals surface area contributed by atoms with Crippen molar-refractivity contribution in [1.82, 2.24) is 5.32 Å². The maximum atomic E-state index is 11.8. The number of imide groups is 1. The minimum absolute atomic E-state index is 0.0181. The molecule has 1 heterocycles.